The van der Waals surface area contributed by atoms with E-state index in [0.29, 0.717) is 18.2 Å². The Morgan fingerprint density at radius 3 is 2.54 bits per heavy atom. The quantitative estimate of drug-likeness (QED) is 0.790. The second-order valence-corrected chi connectivity index (χ2v) is 6.11. The SMILES string of the molecule is CC1=C(C(=O)OCc2ccccc2)C(c2ccccc2)N=C2N=NCN21. The molecule has 0 saturated heterocycles. The van der Waals surface area contributed by atoms with Crippen molar-refractivity contribution in [2.24, 2.45) is 15.2 Å². The van der Waals surface area contributed by atoms with Crippen LogP contribution in [-0.4, -0.2) is 23.5 Å². The Hall–Kier alpha value is -3.28. The van der Waals surface area contributed by atoms with E-state index in [1.165, 1.54) is 0 Å². The maximum atomic E-state index is 12.9. The van der Waals surface area contributed by atoms with Gasteiger partial charge in [-0.3, -0.25) is 4.90 Å². The summed E-state index contributed by atoms with van der Waals surface area (Å²) in [7, 11) is 0. The molecule has 2 aliphatic rings. The lowest BCUT2D eigenvalue weighted by Crippen LogP contribution is -2.33. The first-order valence-corrected chi connectivity index (χ1v) is 8.43. The number of carbonyl (C=O) groups excluding carboxylic acids is 1. The van der Waals surface area contributed by atoms with Crippen LogP contribution in [0.3, 0.4) is 0 Å². The van der Waals surface area contributed by atoms with Gasteiger partial charge < -0.3 is 4.74 Å². The largest absolute Gasteiger partial charge is 0.457 e. The Balaban J connectivity index is 1.64. The van der Waals surface area contributed by atoms with Crippen molar-refractivity contribution in [2.45, 2.75) is 19.6 Å². The molecule has 1 atom stereocenters. The molecule has 0 saturated carbocycles. The maximum absolute atomic E-state index is 12.9. The highest BCUT2D eigenvalue weighted by Gasteiger charge is 2.35. The summed E-state index contributed by atoms with van der Waals surface area (Å²) >= 11 is 0. The first-order valence-electron chi connectivity index (χ1n) is 8.43. The fraction of sp³-hybridized carbons (Fsp3) is 0.200. The lowest BCUT2D eigenvalue weighted by atomic mass is 9.96. The third-order valence-corrected chi connectivity index (χ3v) is 4.47. The summed E-state index contributed by atoms with van der Waals surface area (Å²) in [4.78, 5) is 19.4. The van der Waals surface area contributed by atoms with E-state index < -0.39 is 6.04 Å². The standard InChI is InChI=1S/C20H18N4O2/c1-14-17(19(25)26-12-15-8-4-2-5-9-15)18(16-10-6-3-7-11-16)22-20-23-21-13-24(14)20/h2-11,18H,12-13H2,1H3. The molecule has 6 nitrogen and oxygen atoms in total. The molecule has 0 fully saturated rings. The smallest absolute Gasteiger partial charge is 0.338 e. The molecule has 2 aromatic rings. The summed E-state index contributed by atoms with van der Waals surface area (Å²) < 4.78 is 5.58. The van der Waals surface area contributed by atoms with E-state index in [0.717, 1.165) is 16.8 Å². The van der Waals surface area contributed by atoms with E-state index in [9.17, 15) is 4.79 Å². The molecule has 0 spiro atoms. The number of fused-ring (bicyclic) bond motifs is 1. The average Bonchev–Trinajstić information content (AvgIpc) is 3.16. The third-order valence-electron chi connectivity index (χ3n) is 4.47. The van der Waals surface area contributed by atoms with E-state index in [2.05, 4.69) is 15.2 Å². The van der Waals surface area contributed by atoms with E-state index in [1.54, 1.807) is 0 Å². The Labute approximate surface area is 151 Å². The van der Waals surface area contributed by atoms with Crippen molar-refractivity contribution in [3.63, 3.8) is 0 Å². The molecule has 6 heteroatoms. The minimum atomic E-state index is -0.442. The molecule has 130 valence electrons. The van der Waals surface area contributed by atoms with Crippen molar-refractivity contribution >= 4 is 11.9 Å². The number of carbonyl (C=O) groups is 1. The van der Waals surface area contributed by atoms with Gasteiger partial charge in [0.25, 0.3) is 0 Å². The molecule has 0 amide bonds. The molecule has 2 aliphatic heterocycles. The van der Waals surface area contributed by atoms with Gasteiger partial charge in [0.15, 0.2) is 0 Å². The van der Waals surface area contributed by atoms with Crippen LogP contribution in [0.1, 0.15) is 24.1 Å². The number of aliphatic imine (C=N–C) groups is 1. The second-order valence-electron chi connectivity index (χ2n) is 6.11. The number of guanidine groups is 1. The molecule has 2 aromatic carbocycles. The summed E-state index contributed by atoms with van der Waals surface area (Å²) in [6.45, 7) is 2.49. The summed E-state index contributed by atoms with van der Waals surface area (Å²) in [5, 5.41) is 8.11. The van der Waals surface area contributed by atoms with Gasteiger partial charge in [-0.2, -0.15) is 5.11 Å². The van der Waals surface area contributed by atoms with Crippen LogP contribution in [0.5, 0.6) is 0 Å². The number of esters is 1. The average molecular weight is 346 g/mol. The zero-order valence-corrected chi connectivity index (χ0v) is 14.4. The number of rotatable bonds is 4. The molecule has 0 bridgehead atoms. The van der Waals surface area contributed by atoms with Crippen molar-refractivity contribution in [1.82, 2.24) is 4.90 Å². The number of benzene rings is 2. The Bertz CT molecular complexity index is 904. The lowest BCUT2D eigenvalue weighted by Gasteiger charge is -2.28. The van der Waals surface area contributed by atoms with Crippen LogP contribution in [0.25, 0.3) is 0 Å². The highest BCUT2D eigenvalue weighted by Crippen LogP contribution is 2.36. The molecular weight excluding hydrogens is 328 g/mol. The van der Waals surface area contributed by atoms with Crippen molar-refractivity contribution in [2.75, 3.05) is 6.67 Å². The summed E-state index contributed by atoms with van der Waals surface area (Å²) in [6, 6.07) is 18.9. The van der Waals surface area contributed by atoms with Gasteiger partial charge in [0.2, 0.25) is 5.96 Å². The maximum Gasteiger partial charge on any atom is 0.338 e. The minimum absolute atomic E-state index is 0.225. The van der Waals surface area contributed by atoms with Crippen LogP contribution in [0.4, 0.5) is 0 Å². The second kappa shape index (κ2) is 6.92. The van der Waals surface area contributed by atoms with Crippen LogP contribution >= 0.6 is 0 Å². The first-order chi connectivity index (χ1) is 12.7. The number of azo groups is 1. The van der Waals surface area contributed by atoms with Crippen LogP contribution in [-0.2, 0) is 16.1 Å². The zero-order chi connectivity index (χ0) is 17.9. The zero-order valence-electron chi connectivity index (χ0n) is 14.4. The monoisotopic (exact) mass is 346 g/mol. The molecule has 4 rings (SSSR count). The third kappa shape index (κ3) is 3.01. The summed E-state index contributed by atoms with van der Waals surface area (Å²) in [5.41, 5.74) is 3.18. The molecule has 2 heterocycles. The molecule has 0 aromatic heterocycles. The number of nitrogens with zero attached hydrogens (tertiary/aromatic N) is 4. The van der Waals surface area contributed by atoms with Crippen LogP contribution < -0.4 is 0 Å². The predicted molar refractivity (Wildman–Crippen MR) is 97.1 cm³/mol. The van der Waals surface area contributed by atoms with Crippen LogP contribution in [0.2, 0.25) is 0 Å². The van der Waals surface area contributed by atoms with Crippen molar-refractivity contribution in [1.29, 1.82) is 0 Å². The van der Waals surface area contributed by atoms with E-state index in [-0.39, 0.29) is 12.6 Å². The van der Waals surface area contributed by atoms with Gasteiger partial charge in [0.1, 0.15) is 19.3 Å². The highest BCUT2D eigenvalue weighted by molar-refractivity contribution is 5.95. The molecule has 0 radical (unpaired) electrons. The fourth-order valence-corrected chi connectivity index (χ4v) is 3.09. The summed E-state index contributed by atoms with van der Waals surface area (Å²) in [6.07, 6.45) is 0. The van der Waals surface area contributed by atoms with Crippen molar-refractivity contribution in [3.8, 4) is 0 Å². The van der Waals surface area contributed by atoms with Gasteiger partial charge in [0, 0.05) is 5.70 Å². The molecule has 0 N–H and O–H groups in total. The van der Waals surface area contributed by atoms with Gasteiger partial charge in [-0.05, 0) is 18.1 Å². The highest BCUT2D eigenvalue weighted by atomic mass is 16.5. The molecule has 1 unspecified atom stereocenters. The lowest BCUT2D eigenvalue weighted by molar-refractivity contribution is -0.140. The van der Waals surface area contributed by atoms with Gasteiger partial charge in [-0.25, -0.2) is 9.79 Å². The predicted octanol–water partition coefficient (Wildman–Crippen LogP) is 3.84. The molecule has 0 aliphatic carbocycles. The number of allylic oxidation sites excluding steroid dienone is 1. The number of ether oxygens (including phenoxy) is 1. The Morgan fingerprint density at radius 1 is 1.12 bits per heavy atom. The van der Waals surface area contributed by atoms with Gasteiger partial charge in [0.05, 0.1) is 5.57 Å². The normalized spacial score (nSPS) is 18.6. The minimum Gasteiger partial charge on any atom is -0.457 e. The Kier molecular flexibility index (Phi) is 4.31. The van der Waals surface area contributed by atoms with Gasteiger partial charge in [-0.15, -0.1) is 5.11 Å². The number of hydrogen-bond acceptors (Lipinski definition) is 6. The van der Waals surface area contributed by atoms with Crippen LogP contribution in [0.15, 0.2) is 87.2 Å². The van der Waals surface area contributed by atoms with E-state index in [4.69, 9.17) is 4.74 Å². The van der Waals surface area contributed by atoms with Crippen molar-refractivity contribution in [3.05, 3.63) is 83.1 Å². The van der Waals surface area contributed by atoms with E-state index in [1.807, 2.05) is 72.5 Å². The van der Waals surface area contributed by atoms with Gasteiger partial charge in [-0.1, -0.05) is 60.7 Å². The van der Waals surface area contributed by atoms with Gasteiger partial charge >= 0.3 is 5.97 Å². The fourth-order valence-electron chi connectivity index (χ4n) is 3.09. The first kappa shape index (κ1) is 16.2. The molecule has 26 heavy (non-hydrogen) atoms. The number of hydrogen-bond donors (Lipinski definition) is 0. The van der Waals surface area contributed by atoms with E-state index >= 15 is 0 Å². The Morgan fingerprint density at radius 2 is 1.81 bits per heavy atom. The topological polar surface area (TPSA) is 66.6 Å². The molecular formula is C20H18N4O2. The summed E-state index contributed by atoms with van der Waals surface area (Å²) in [5.74, 6) is 0.172. The van der Waals surface area contributed by atoms with Crippen LogP contribution in [0, 0.1) is 0 Å². The van der Waals surface area contributed by atoms with Crippen molar-refractivity contribution < 1.29 is 9.53 Å².